The second-order valence-electron chi connectivity index (χ2n) is 4.56. The second kappa shape index (κ2) is 8.19. The minimum absolute atomic E-state index is 0.0127. The fraction of sp³-hybridized carbons (Fsp3) is 0.500. The van der Waals surface area contributed by atoms with E-state index >= 15 is 0 Å². The van der Waals surface area contributed by atoms with Gasteiger partial charge >= 0.3 is 0 Å². The molecule has 0 heterocycles. The summed E-state index contributed by atoms with van der Waals surface area (Å²) < 4.78 is 10.2. The molecule has 1 atom stereocenters. The highest BCUT2D eigenvalue weighted by molar-refractivity contribution is 5.63. The number of ether oxygens (including phenoxy) is 2. The molecule has 114 valence electrons. The number of benzene rings is 1. The predicted octanol–water partition coefficient (Wildman–Crippen LogP) is 1.95. The smallest absolute Gasteiger partial charge is 0.270 e. The van der Waals surface area contributed by atoms with Crippen LogP contribution in [0.5, 0.6) is 0 Å². The fourth-order valence-electron chi connectivity index (χ4n) is 2.08. The van der Waals surface area contributed by atoms with Crippen LogP contribution in [0.2, 0.25) is 0 Å². The molecule has 0 saturated heterocycles. The van der Waals surface area contributed by atoms with Crippen LogP contribution < -0.4 is 4.90 Å². The molecule has 0 amide bonds. The maximum atomic E-state index is 10.8. The van der Waals surface area contributed by atoms with Crippen LogP contribution in [0.3, 0.4) is 0 Å². The summed E-state index contributed by atoms with van der Waals surface area (Å²) in [5.74, 6) is 0. The average Bonchev–Trinajstić information content (AvgIpc) is 2.47. The minimum atomic E-state index is -0.511. The van der Waals surface area contributed by atoms with E-state index < -0.39 is 4.92 Å². The third-order valence-electron chi connectivity index (χ3n) is 3.10. The molecule has 1 aromatic rings. The maximum Gasteiger partial charge on any atom is 0.270 e. The monoisotopic (exact) mass is 293 g/mol. The highest BCUT2D eigenvalue weighted by Crippen LogP contribution is 2.26. The maximum absolute atomic E-state index is 10.8. The van der Waals surface area contributed by atoms with Crippen molar-refractivity contribution in [2.45, 2.75) is 13.0 Å². The lowest BCUT2D eigenvalue weighted by Gasteiger charge is -2.31. The van der Waals surface area contributed by atoms with Crippen LogP contribution in [0.4, 0.5) is 11.4 Å². The third-order valence-corrected chi connectivity index (χ3v) is 3.10. The topological polar surface area (TPSA) is 88.6 Å². The zero-order valence-electron chi connectivity index (χ0n) is 12.4. The quantitative estimate of drug-likeness (QED) is 0.537. The van der Waals surface area contributed by atoms with E-state index in [-0.39, 0.29) is 17.3 Å². The van der Waals surface area contributed by atoms with Gasteiger partial charge in [-0.2, -0.15) is 5.26 Å². The first-order valence-corrected chi connectivity index (χ1v) is 6.48. The van der Waals surface area contributed by atoms with E-state index in [1.807, 2.05) is 17.9 Å². The Labute approximate surface area is 123 Å². The molecule has 0 aromatic heterocycles. The van der Waals surface area contributed by atoms with Gasteiger partial charge in [0.2, 0.25) is 0 Å². The molecule has 7 heteroatoms. The number of nitro benzene ring substituents is 1. The summed E-state index contributed by atoms with van der Waals surface area (Å²) in [7, 11) is 3.20. The van der Waals surface area contributed by atoms with Crippen molar-refractivity contribution in [1.82, 2.24) is 0 Å². The first kappa shape index (κ1) is 16.9. The highest BCUT2D eigenvalue weighted by Gasteiger charge is 2.20. The Morgan fingerprint density at radius 1 is 1.43 bits per heavy atom. The number of methoxy groups -OCH3 is 2. The summed E-state index contributed by atoms with van der Waals surface area (Å²) in [6.07, 6.45) is 0. The lowest BCUT2D eigenvalue weighted by Crippen LogP contribution is -2.39. The van der Waals surface area contributed by atoms with E-state index in [2.05, 4.69) is 0 Å². The Bertz CT molecular complexity index is 527. The predicted molar refractivity (Wildman–Crippen MR) is 78.4 cm³/mol. The zero-order valence-corrected chi connectivity index (χ0v) is 12.4. The van der Waals surface area contributed by atoms with E-state index in [1.54, 1.807) is 20.3 Å². The Hall–Kier alpha value is -2.17. The number of nitrogens with zero attached hydrogens (tertiary/aromatic N) is 3. The normalized spacial score (nSPS) is 11.7. The molecule has 0 bridgehead atoms. The standard InChI is InChI=1S/C14H19N3O4/c1-11(10-21-3)16(6-7-20-2)14-5-4-13(17(18)19)8-12(14)9-15/h4-5,8,11H,6-7,10H2,1-3H3. The Morgan fingerprint density at radius 2 is 2.14 bits per heavy atom. The number of nitriles is 1. The molecule has 0 spiro atoms. The van der Waals surface area contributed by atoms with Crippen LogP contribution in [0, 0.1) is 21.4 Å². The van der Waals surface area contributed by atoms with E-state index in [0.717, 1.165) is 0 Å². The van der Waals surface area contributed by atoms with E-state index in [9.17, 15) is 15.4 Å². The van der Waals surface area contributed by atoms with Crippen LogP contribution in [-0.4, -0.2) is 44.9 Å². The SMILES string of the molecule is COCCN(c1ccc([N+](=O)[O-])cc1C#N)C(C)COC. The van der Waals surface area contributed by atoms with Crippen molar-refractivity contribution in [3.05, 3.63) is 33.9 Å². The minimum Gasteiger partial charge on any atom is -0.383 e. The summed E-state index contributed by atoms with van der Waals surface area (Å²) in [4.78, 5) is 12.2. The van der Waals surface area contributed by atoms with Gasteiger partial charge in [-0.25, -0.2) is 0 Å². The number of anilines is 1. The first-order valence-electron chi connectivity index (χ1n) is 6.48. The summed E-state index contributed by atoms with van der Waals surface area (Å²) in [5, 5.41) is 20.1. The van der Waals surface area contributed by atoms with Crippen molar-refractivity contribution in [2.24, 2.45) is 0 Å². The molecule has 0 N–H and O–H groups in total. The largest absolute Gasteiger partial charge is 0.383 e. The van der Waals surface area contributed by atoms with Gasteiger partial charge in [0.25, 0.3) is 5.69 Å². The molecular formula is C14H19N3O4. The molecule has 21 heavy (non-hydrogen) atoms. The van der Waals surface area contributed by atoms with Gasteiger partial charge in [-0.3, -0.25) is 10.1 Å². The summed E-state index contributed by atoms with van der Waals surface area (Å²) in [6, 6.07) is 6.31. The fourth-order valence-corrected chi connectivity index (χ4v) is 2.08. The lowest BCUT2D eigenvalue weighted by atomic mass is 10.1. The van der Waals surface area contributed by atoms with Gasteiger partial charge in [0.15, 0.2) is 0 Å². The molecule has 0 aliphatic rings. The summed E-state index contributed by atoms with van der Waals surface area (Å²) >= 11 is 0. The van der Waals surface area contributed by atoms with Crippen LogP contribution in [0.1, 0.15) is 12.5 Å². The average molecular weight is 293 g/mol. The van der Waals surface area contributed by atoms with E-state index in [1.165, 1.54) is 12.1 Å². The van der Waals surface area contributed by atoms with Gasteiger partial charge in [0, 0.05) is 38.9 Å². The summed E-state index contributed by atoms with van der Waals surface area (Å²) in [5.41, 5.74) is 0.814. The molecular weight excluding hydrogens is 274 g/mol. The van der Waals surface area contributed by atoms with E-state index in [0.29, 0.717) is 25.4 Å². The molecule has 7 nitrogen and oxygen atoms in total. The van der Waals surface area contributed by atoms with Gasteiger partial charge in [-0.05, 0) is 13.0 Å². The van der Waals surface area contributed by atoms with Crippen molar-refractivity contribution in [3.63, 3.8) is 0 Å². The third kappa shape index (κ3) is 4.41. The van der Waals surface area contributed by atoms with Crippen LogP contribution >= 0.6 is 0 Å². The van der Waals surface area contributed by atoms with Crippen molar-refractivity contribution < 1.29 is 14.4 Å². The van der Waals surface area contributed by atoms with Gasteiger partial charge in [0.05, 0.1) is 29.4 Å². The van der Waals surface area contributed by atoms with Crippen molar-refractivity contribution in [2.75, 3.05) is 38.9 Å². The van der Waals surface area contributed by atoms with Gasteiger partial charge in [0.1, 0.15) is 6.07 Å². The molecule has 1 rings (SSSR count). The van der Waals surface area contributed by atoms with Crippen molar-refractivity contribution in [3.8, 4) is 6.07 Å². The number of hydrogen-bond acceptors (Lipinski definition) is 6. The van der Waals surface area contributed by atoms with Crippen molar-refractivity contribution >= 4 is 11.4 Å². The Morgan fingerprint density at radius 3 is 2.67 bits per heavy atom. The molecule has 1 unspecified atom stereocenters. The van der Waals surface area contributed by atoms with Gasteiger partial charge in [-0.15, -0.1) is 0 Å². The highest BCUT2D eigenvalue weighted by atomic mass is 16.6. The van der Waals surface area contributed by atoms with E-state index in [4.69, 9.17) is 9.47 Å². The molecule has 0 aliphatic carbocycles. The lowest BCUT2D eigenvalue weighted by molar-refractivity contribution is -0.384. The summed E-state index contributed by atoms with van der Waals surface area (Å²) in [6.45, 7) is 3.48. The number of rotatable bonds is 8. The van der Waals surface area contributed by atoms with Crippen LogP contribution in [0.15, 0.2) is 18.2 Å². The number of nitro groups is 1. The van der Waals surface area contributed by atoms with Crippen LogP contribution in [0.25, 0.3) is 0 Å². The molecule has 0 aliphatic heterocycles. The second-order valence-corrected chi connectivity index (χ2v) is 4.56. The van der Waals surface area contributed by atoms with Crippen molar-refractivity contribution in [1.29, 1.82) is 5.26 Å². The number of hydrogen-bond donors (Lipinski definition) is 0. The molecule has 1 aromatic carbocycles. The molecule has 0 saturated carbocycles. The Balaban J connectivity index is 3.17. The first-order chi connectivity index (χ1) is 10.0. The van der Waals surface area contributed by atoms with Crippen LogP contribution in [-0.2, 0) is 9.47 Å². The van der Waals surface area contributed by atoms with Gasteiger partial charge < -0.3 is 14.4 Å². The zero-order chi connectivity index (χ0) is 15.8. The molecule has 0 radical (unpaired) electrons. The number of non-ortho nitro benzene ring substituents is 1. The van der Waals surface area contributed by atoms with Gasteiger partial charge in [-0.1, -0.05) is 0 Å². The Kier molecular flexibility index (Phi) is 6.59. The molecule has 0 fully saturated rings.